The summed E-state index contributed by atoms with van der Waals surface area (Å²) in [5.41, 5.74) is -3.18. The summed E-state index contributed by atoms with van der Waals surface area (Å²) in [6, 6.07) is 0. The molecule has 0 saturated heterocycles. The van der Waals surface area contributed by atoms with Crippen LogP contribution in [0.3, 0.4) is 0 Å². The molecule has 0 aromatic carbocycles. The molecule has 0 unspecified atom stereocenters. The summed E-state index contributed by atoms with van der Waals surface area (Å²) in [5, 5.41) is 8.73. The maximum absolute atomic E-state index is 12.7. The Morgan fingerprint density at radius 1 is 1.41 bits per heavy atom. The standard InChI is InChI=1S/C9H8F5NO2/c1-17-7-4(8(10)11)2-15-5(3-16)6(7)9(12,13)14/h2,8,16H,3H2,1H3. The van der Waals surface area contributed by atoms with Crippen molar-refractivity contribution >= 4 is 0 Å². The molecule has 1 rings (SSSR count). The highest BCUT2D eigenvalue weighted by atomic mass is 19.4. The number of halogens is 5. The number of alkyl halides is 5. The van der Waals surface area contributed by atoms with Crippen molar-refractivity contribution < 1.29 is 31.8 Å². The number of nitrogens with zero attached hydrogens (tertiary/aromatic N) is 1. The summed E-state index contributed by atoms with van der Waals surface area (Å²) >= 11 is 0. The van der Waals surface area contributed by atoms with E-state index in [0.29, 0.717) is 6.20 Å². The Morgan fingerprint density at radius 3 is 2.35 bits per heavy atom. The van der Waals surface area contributed by atoms with Gasteiger partial charge in [0.05, 0.1) is 25.0 Å². The lowest BCUT2D eigenvalue weighted by molar-refractivity contribution is -0.140. The SMILES string of the molecule is COc1c(C(F)F)cnc(CO)c1C(F)(F)F. The number of aromatic nitrogens is 1. The predicted molar refractivity (Wildman–Crippen MR) is 46.7 cm³/mol. The maximum atomic E-state index is 12.7. The molecule has 0 saturated carbocycles. The van der Waals surface area contributed by atoms with Gasteiger partial charge in [-0.15, -0.1) is 0 Å². The molecule has 0 radical (unpaired) electrons. The molecule has 0 aliphatic heterocycles. The van der Waals surface area contributed by atoms with Gasteiger partial charge in [-0.1, -0.05) is 0 Å². The number of aliphatic hydroxyl groups is 1. The topological polar surface area (TPSA) is 42.4 Å². The molecule has 0 aliphatic carbocycles. The van der Waals surface area contributed by atoms with Crippen LogP contribution in [0.25, 0.3) is 0 Å². The van der Waals surface area contributed by atoms with Crippen molar-refractivity contribution in [3.8, 4) is 5.75 Å². The van der Waals surface area contributed by atoms with E-state index in [0.717, 1.165) is 7.11 Å². The summed E-state index contributed by atoms with van der Waals surface area (Å²) in [6.07, 6.45) is -7.52. The Kier molecular flexibility index (Phi) is 3.87. The fourth-order valence-electron chi connectivity index (χ4n) is 1.33. The van der Waals surface area contributed by atoms with Crippen molar-refractivity contribution in [1.82, 2.24) is 4.98 Å². The average Bonchev–Trinajstić information content (AvgIpc) is 2.25. The molecule has 17 heavy (non-hydrogen) atoms. The number of ether oxygens (including phenoxy) is 1. The first-order valence-electron chi connectivity index (χ1n) is 4.34. The minimum absolute atomic E-state index is 0.560. The van der Waals surface area contributed by atoms with E-state index in [1.165, 1.54) is 0 Å². The van der Waals surface area contributed by atoms with E-state index in [2.05, 4.69) is 9.72 Å². The van der Waals surface area contributed by atoms with Crippen LogP contribution in [0.15, 0.2) is 6.20 Å². The minimum Gasteiger partial charge on any atom is -0.495 e. The van der Waals surface area contributed by atoms with Crippen LogP contribution in [0.4, 0.5) is 22.0 Å². The second-order valence-electron chi connectivity index (χ2n) is 3.03. The Hall–Kier alpha value is -1.44. The van der Waals surface area contributed by atoms with Crippen LogP contribution in [-0.2, 0) is 12.8 Å². The third kappa shape index (κ3) is 2.63. The van der Waals surface area contributed by atoms with Crippen molar-refractivity contribution in [1.29, 1.82) is 0 Å². The molecule has 0 aliphatic rings. The maximum Gasteiger partial charge on any atom is 0.421 e. The zero-order valence-electron chi connectivity index (χ0n) is 8.55. The molecule has 1 aromatic rings. The van der Waals surface area contributed by atoms with E-state index < -0.39 is 41.8 Å². The molecule has 1 N–H and O–H groups in total. The molecule has 0 spiro atoms. The summed E-state index contributed by atoms with van der Waals surface area (Å²) in [6.45, 7) is -1.02. The lowest BCUT2D eigenvalue weighted by Gasteiger charge is -2.17. The van der Waals surface area contributed by atoms with Crippen LogP contribution in [-0.4, -0.2) is 17.2 Å². The molecule has 0 atom stereocenters. The molecule has 0 amide bonds. The highest BCUT2D eigenvalue weighted by Crippen LogP contribution is 2.42. The highest BCUT2D eigenvalue weighted by Gasteiger charge is 2.40. The first-order valence-corrected chi connectivity index (χ1v) is 4.34. The fraction of sp³-hybridized carbons (Fsp3) is 0.444. The number of methoxy groups -OCH3 is 1. The van der Waals surface area contributed by atoms with Crippen LogP contribution in [0.2, 0.25) is 0 Å². The fourth-order valence-corrected chi connectivity index (χ4v) is 1.33. The smallest absolute Gasteiger partial charge is 0.421 e. The first-order chi connectivity index (χ1) is 7.82. The molecular weight excluding hydrogens is 249 g/mol. The van der Waals surface area contributed by atoms with Crippen molar-refractivity contribution in [2.45, 2.75) is 19.2 Å². The van der Waals surface area contributed by atoms with Crippen molar-refractivity contribution in [3.05, 3.63) is 23.0 Å². The van der Waals surface area contributed by atoms with Crippen LogP contribution in [0.5, 0.6) is 5.75 Å². The van der Waals surface area contributed by atoms with Gasteiger partial charge in [-0.25, -0.2) is 8.78 Å². The van der Waals surface area contributed by atoms with Gasteiger partial charge in [0.2, 0.25) is 0 Å². The summed E-state index contributed by atoms with van der Waals surface area (Å²) in [5.74, 6) is -1.01. The third-order valence-electron chi connectivity index (χ3n) is 2.01. The molecule has 0 fully saturated rings. The quantitative estimate of drug-likeness (QED) is 0.846. The average molecular weight is 257 g/mol. The van der Waals surface area contributed by atoms with E-state index in [9.17, 15) is 22.0 Å². The molecule has 96 valence electrons. The molecule has 3 nitrogen and oxygen atoms in total. The summed E-state index contributed by atoms with van der Waals surface area (Å²) in [7, 11) is 0.845. The van der Waals surface area contributed by atoms with Gasteiger partial charge in [0.15, 0.2) is 0 Å². The van der Waals surface area contributed by atoms with Crippen molar-refractivity contribution in [2.24, 2.45) is 0 Å². The highest BCUT2D eigenvalue weighted by molar-refractivity contribution is 5.45. The number of aliphatic hydroxyl groups excluding tert-OH is 1. The van der Waals surface area contributed by atoms with Gasteiger partial charge in [-0.2, -0.15) is 13.2 Å². The minimum atomic E-state index is -4.93. The van der Waals surface area contributed by atoms with Gasteiger partial charge < -0.3 is 9.84 Å². The Balaban J connectivity index is 3.55. The van der Waals surface area contributed by atoms with Gasteiger partial charge >= 0.3 is 6.18 Å². The van der Waals surface area contributed by atoms with E-state index in [1.807, 2.05) is 0 Å². The lowest BCUT2D eigenvalue weighted by atomic mass is 10.1. The summed E-state index contributed by atoms with van der Waals surface area (Å²) in [4.78, 5) is 3.16. The molecule has 1 aromatic heterocycles. The van der Waals surface area contributed by atoms with E-state index in [4.69, 9.17) is 5.11 Å². The monoisotopic (exact) mass is 257 g/mol. The van der Waals surface area contributed by atoms with E-state index in [1.54, 1.807) is 0 Å². The van der Waals surface area contributed by atoms with Crippen molar-refractivity contribution in [3.63, 3.8) is 0 Å². The van der Waals surface area contributed by atoms with Crippen LogP contribution in [0.1, 0.15) is 23.2 Å². The second-order valence-corrected chi connectivity index (χ2v) is 3.03. The molecular formula is C9H8F5NO2. The molecule has 8 heteroatoms. The summed E-state index contributed by atoms with van der Waals surface area (Å²) < 4.78 is 67.2. The number of pyridine rings is 1. The predicted octanol–water partition coefficient (Wildman–Crippen LogP) is 2.54. The number of rotatable bonds is 3. The van der Waals surface area contributed by atoms with Crippen LogP contribution < -0.4 is 4.74 Å². The number of hydrogen-bond donors (Lipinski definition) is 1. The van der Waals surface area contributed by atoms with Crippen molar-refractivity contribution in [2.75, 3.05) is 7.11 Å². The third-order valence-corrected chi connectivity index (χ3v) is 2.01. The van der Waals surface area contributed by atoms with E-state index >= 15 is 0 Å². The van der Waals surface area contributed by atoms with Gasteiger partial charge in [0.25, 0.3) is 6.43 Å². The zero-order valence-corrected chi connectivity index (χ0v) is 8.55. The second kappa shape index (κ2) is 4.82. The largest absolute Gasteiger partial charge is 0.495 e. The molecule has 1 heterocycles. The zero-order chi connectivity index (χ0) is 13.2. The van der Waals surface area contributed by atoms with Gasteiger partial charge in [0, 0.05) is 6.20 Å². The lowest BCUT2D eigenvalue weighted by Crippen LogP contribution is -2.15. The van der Waals surface area contributed by atoms with Gasteiger partial charge in [-0.3, -0.25) is 4.98 Å². The first kappa shape index (κ1) is 13.6. The van der Waals surface area contributed by atoms with E-state index in [-0.39, 0.29) is 0 Å². The van der Waals surface area contributed by atoms with Gasteiger partial charge in [-0.05, 0) is 0 Å². The normalized spacial score (nSPS) is 12.0. The Labute approximate surface area is 92.8 Å². The van der Waals surface area contributed by atoms with Gasteiger partial charge in [0.1, 0.15) is 11.3 Å². The molecule has 0 bridgehead atoms. The van der Waals surface area contributed by atoms with Crippen LogP contribution in [0, 0.1) is 0 Å². The van der Waals surface area contributed by atoms with Crippen LogP contribution >= 0.6 is 0 Å². The Bertz CT molecular complexity index is 405. The Morgan fingerprint density at radius 2 is 2.00 bits per heavy atom. The number of hydrogen-bond acceptors (Lipinski definition) is 3.